The molecular formula is C29H38N4. The van der Waals surface area contributed by atoms with Crippen molar-refractivity contribution < 1.29 is 0 Å². The van der Waals surface area contributed by atoms with E-state index in [0.717, 1.165) is 25.8 Å². The number of hydrogen-bond acceptors (Lipinski definition) is 4. The van der Waals surface area contributed by atoms with Gasteiger partial charge in [0.25, 0.3) is 0 Å². The molecule has 4 heteroatoms. The van der Waals surface area contributed by atoms with Crippen LogP contribution in [0.2, 0.25) is 0 Å². The van der Waals surface area contributed by atoms with E-state index in [1.54, 1.807) is 0 Å². The summed E-state index contributed by atoms with van der Waals surface area (Å²) < 4.78 is 0. The van der Waals surface area contributed by atoms with E-state index in [4.69, 9.17) is 15.7 Å². The molecule has 1 aliphatic rings. The summed E-state index contributed by atoms with van der Waals surface area (Å²) in [6.07, 6.45) is 11.8. The first kappa shape index (κ1) is 23.6. The van der Waals surface area contributed by atoms with Crippen molar-refractivity contribution in [2.24, 2.45) is 5.73 Å². The molecule has 1 aliphatic carbocycles. The van der Waals surface area contributed by atoms with Crippen LogP contribution in [0.25, 0.3) is 0 Å². The Morgan fingerprint density at radius 2 is 1.79 bits per heavy atom. The van der Waals surface area contributed by atoms with Gasteiger partial charge < -0.3 is 11.1 Å². The lowest BCUT2D eigenvalue weighted by Gasteiger charge is -2.32. The first-order chi connectivity index (χ1) is 16.1. The van der Waals surface area contributed by atoms with Gasteiger partial charge in [-0.05, 0) is 74.4 Å². The first-order valence-corrected chi connectivity index (χ1v) is 12.5. The summed E-state index contributed by atoms with van der Waals surface area (Å²) >= 11 is 0. The summed E-state index contributed by atoms with van der Waals surface area (Å²) in [4.78, 5) is 9.60. The molecule has 0 saturated heterocycles. The Labute approximate surface area is 199 Å². The molecule has 33 heavy (non-hydrogen) atoms. The van der Waals surface area contributed by atoms with Crippen LogP contribution in [0, 0.1) is 13.8 Å². The lowest BCUT2D eigenvalue weighted by atomic mass is 9.72. The molecule has 4 nitrogen and oxygen atoms in total. The zero-order valence-electron chi connectivity index (χ0n) is 20.2. The summed E-state index contributed by atoms with van der Waals surface area (Å²) in [7, 11) is 0. The van der Waals surface area contributed by atoms with Crippen LogP contribution in [0.4, 0.5) is 0 Å². The SMILES string of the molecule is Cc1cnc(CC(CCCN)NCc2ncccc2C2(c3ccccc3)CCCC2)c(C)c1. The monoisotopic (exact) mass is 442 g/mol. The number of nitrogens with two attached hydrogens (primary N) is 1. The predicted molar refractivity (Wildman–Crippen MR) is 136 cm³/mol. The second kappa shape index (κ2) is 11.0. The second-order valence-electron chi connectivity index (χ2n) is 9.64. The van der Waals surface area contributed by atoms with Gasteiger partial charge in [-0.1, -0.05) is 55.3 Å². The van der Waals surface area contributed by atoms with Crippen molar-refractivity contribution in [3.8, 4) is 0 Å². The Morgan fingerprint density at radius 3 is 2.52 bits per heavy atom. The highest BCUT2D eigenvalue weighted by Gasteiger charge is 2.39. The zero-order chi connectivity index (χ0) is 23.1. The normalized spacial score (nSPS) is 16.1. The molecule has 1 unspecified atom stereocenters. The Kier molecular flexibility index (Phi) is 7.89. The molecule has 2 aromatic heterocycles. The fourth-order valence-corrected chi connectivity index (χ4v) is 5.54. The summed E-state index contributed by atoms with van der Waals surface area (Å²) in [6.45, 7) is 5.74. The van der Waals surface area contributed by atoms with Gasteiger partial charge in [0.15, 0.2) is 0 Å². The smallest absolute Gasteiger partial charge is 0.0582 e. The molecule has 1 aromatic carbocycles. The summed E-state index contributed by atoms with van der Waals surface area (Å²) in [6, 6.07) is 18.0. The van der Waals surface area contributed by atoms with Crippen molar-refractivity contribution in [2.75, 3.05) is 6.54 Å². The molecule has 0 bridgehead atoms. The van der Waals surface area contributed by atoms with Crippen LogP contribution < -0.4 is 11.1 Å². The maximum atomic E-state index is 5.86. The Hall–Kier alpha value is -2.56. The number of pyridine rings is 2. The number of nitrogens with zero attached hydrogens (tertiary/aromatic N) is 2. The molecule has 0 radical (unpaired) electrons. The molecule has 174 valence electrons. The fraction of sp³-hybridized carbons (Fsp3) is 0.448. The highest BCUT2D eigenvalue weighted by Crippen LogP contribution is 2.47. The minimum absolute atomic E-state index is 0.0778. The van der Waals surface area contributed by atoms with Gasteiger partial charge in [0.2, 0.25) is 0 Å². The van der Waals surface area contributed by atoms with E-state index in [1.165, 1.54) is 59.3 Å². The van der Waals surface area contributed by atoms with Crippen molar-refractivity contribution in [2.45, 2.75) is 76.8 Å². The van der Waals surface area contributed by atoms with Crippen molar-refractivity contribution in [3.05, 3.63) is 94.6 Å². The van der Waals surface area contributed by atoms with E-state index in [-0.39, 0.29) is 5.41 Å². The zero-order valence-corrected chi connectivity index (χ0v) is 20.2. The first-order valence-electron chi connectivity index (χ1n) is 12.5. The fourth-order valence-electron chi connectivity index (χ4n) is 5.54. The highest BCUT2D eigenvalue weighted by molar-refractivity contribution is 5.42. The molecule has 0 amide bonds. The molecule has 0 aliphatic heterocycles. The van der Waals surface area contributed by atoms with E-state index in [0.29, 0.717) is 12.6 Å². The van der Waals surface area contributed by atoms with Crippen LogP contribution in [-0.4, -0.2) is 22.6 Å². The third kappa shape index (κ3) is 5.51. The lowest BCUT2D eigenvalue weighted by molar-refractivity contribution is 0.451. The van der Waals surface area contributed by atoms with Crippen molar-refractivity contribution in [1.82, 2.24) is 15.3 Å². The van der Waals surface area contributed by atoms with Crippen molar-refractivity contribution in [3.63, 3.8) is 0 Å². The molecule has 1 saturated carbocycles. The highest BCUT2D eigenvalue weighted by atomic mass is 14.9. The average Bonchev–Trinajstić information content (AvgIpc) is 3.34. The van der Waals surface area contributed by atoms with Gasteiger partial charge >= 0.3 is 0 Å². The van der Waals surface area contributed by atoms with Crippen LogP contribution in [0.15, 0.2) is 60.9 Å². The number of aromatic nitrogens is 2. The maximum absolute atomic E-state index is 5.86. The second-order valence-corrected chi connectivity index (χ2v) is 9.64. The molecule has 2 heterocycles. The molecule has 4 rings (SSSR count). The number of aryl methyl sites for hydroxylation is 2. The topological polar surface area (TPSA) is 63.8 Å². The molecular weight excluding hydrogens is 404 g/mol. The minimum Gasteiger partial charge on any atom is -0.330 e. The minimum atomic E-state index is 0.0778. The third-order valence-electron chi connectivity index (χ3n) is 7.27. The number of benzene rings is 1. The van der Waals surface area contributed by atoms with E-state index in [9.17, 15) is 0 Å². The summed E-state index contributed by atoms with van der Waals surface area (Å²) in [5.41, 5.74) is 13.6. The largest absolute Gasteiger partial charge is 0.330 e. The predicted octanol–water partition coefficient (Wildman–Crippen LogP) is 5.39. The van der Waals surface area contributed by atoms with Gasteiger partial charge in [-0.25, -0.2) is 0 Å². The summed E-state index contributed by atoms with van der Waals surface area (Å²) in [5.74, 6) is 0. The molecule has 1 fully saturated rings. The van der Waals surface area contributed by atoms with Crippen LogP contribution in [0.5, 0.6) is 0 Å². The number of nitrogens with one attached hydrogen (secondary N) is 1. The van der Waals surface area contributed by atoms with Gasteiger partial charge in [-0.15, -0.1) is 0 Å². The van der Waals surface area contributed by atoms with Crippen LogP contribution in [0.3, 0.4) is 0 Å². The number of rotatable bonds is 10. The van der Waals surface area contributed by atoms with Gasteiger partial charge in [0, 0.05) is 42.5 Å². The van der Waals surface area contributed by atoms with Gasteiger partial charge in [-0.2, -0.15) is 0 Å². The van der Waals surface area contributed by atoms with E-state index in [2.05, 4.69) is 67.7 Å². The Balaban J connectivity index is 1.57. The number of hydrogen-bond donors (Lipinski definition) is 2. The third-order valence-corrected chi connectivity index (χ3v) is 7.27. The lowest BCUT2D eigenvalue weighted by Crippen LogP contribution is -2.34. The van der Waals surface area contributed by atoms with Gasteiger partial charge in [0.05, 0.1) is 5.69 Å². The van der Waals surface area contributed by atoms with Crippen LogP contribution in [0.1, 0.15) is 72.2 Å². The Bertz CT molecular complexity index is 1020. The van der Waals surface area contributed by atoms with Gasteiger partial charge in [0.1, 0.15) is 0 Å². The average molecular weight is 443 g/mol. The summed E-state index contributed by atoms with van der Waals surface area (Å²) in [5, 5.41) is 3.84. The van der Waals surface area contributed by atoms with Crippen LogP contribution >= 0.6 is 0 Å². The quantitative estimate of drug-likeness (QED) is 0.442. The molecule has 3 aromatic rings. The van der Waals surface area contributed by atoms with E-state index >= 15 is 0 Å². The van der Waals surface area contributed by atoms with Crippen LogP contribution in [-0.2, 0) is 18.4 Å². The van der Waals surface area contributed by atoms with Crippen molar-refractivity contribution in [1.29, 1.82) is 0 Å². The molecule has 3 N–H and O–H groups in total. The maximum Gasteiger partial charge on any atom is 0.0582 e. The molecule has 0 spiro atoms. The Morgan fingerprint density at radius 1 is 1.00 bits per heavy atom. The standard InChI is InChI=1S/C29H38N4/c1-22-18-23(2)27(33-20-22)19-25(12-8-16-30)32-21-28-26(13-9-17-31-28)29(14-6-7-15-29)24-10-4-3-5-11-24/h3-5,9-11,13,17-18,20,25,32H,6-8,12,14-16,19,21,30H2,1-2H3. The van der Waals surface area contributed by atoms with Gasteiger partial charge in [-0.3, -0.25) is 9.97 Å². The van der Waals surface area contributed by atoms with E-state index < -0.39 is 0 Å². The van der Waals surface area contributed by atoms with Crippen molar-refractivity contribution >= 4 is 0 Å². The van der Waals surface area contributed by atoms with E-state index in [1.807, 2.05) is 12.4 Å². The molecule has 1 atom stereocenters.